The first kappa shape index (κ1) is 25.0. The Morgan fingerprint density at radius 2 is 1.84 bits per heavy atom. The second kappa shape index (κ2) is 11.6. The lowest BCUT2D eigenvalue weighted by atomic mass is 9.93. The van der Waals surface area contributed by atoms with E-state index < -0.39 is 0 Å². The molecule has 2 N–H and O–H groups in total. The summed E-state index contributed by atoms with van der Waals surface area (Å²) >= 11 is 6.18. The van der Waals surface area contributed by atoms with Gasteiger partial charge in [0.15, 0.2) is 0 Å². The monoisotopic (exact) mass is 516 g/mol. The second-order valence-electron chi connectivity index (χ2n) is 9.18. The van der Waals surface area contributed by atoms with Crippen molar-refractivity contribution in [2.45, 2.75) is 18.9 Å². The number of fused-ring (bicyclic) bond motifs is 1. The summed E-state index contributed by atoms with van der Waals surface area (Å²) in [5, 5.41) is 4.90. The molecule has 1 saturated heterocycles. The SMILES string of the molecule is O=C(C1CCNCC1)N(CCOc1ccc2ccc(=O)[nH]c2c1)C(c1ccc(Cl)cc1)c1ccccn1. The van der Waals surface area contributed by atoms with Crippen molar-refractivity contribution in [1.29, 1.82) is 0 Å². The van der Waals surface area contributed by atoms with Gasteiger partial charge >= 0.3 is 0 Å². The van der Waals surface area contributed by atoms with E-state index >= 15 is 0 Å². The van der Waals surface area contributed by atoms with Crippen LogP contribution in [-0.4, -0.2) is 47.0 Å². The lowest BCUT2D eigenvalue weighted by Gasteiger charge is -2.35. The molecule has 1 amide bonds. The molecule has 2 aromatic carbocycles. The Bertz CT molecular complexity index is 1400. The number of carbonyl (C=O) groups excluding carboxylic acids is 1. The third-order valence-corrected chi connectivity index (χ3v) is 6.99. The number of aromatic nitrogens is 2. The van der Waals surface area contributed by atoms with Crippen molar-refractivity contribution in [3.63, 3.8) is 0 Å². The van der Waals surface area contributed by atoms with Crippen molar-refractivity contribution in [3.05, 3.63) is 106 Å². The average Bonchev–Trinajstić information content (AvgIpc) is 2.94. The molecule has 3 heterocycles. The molecule has 0 spiro atoms. The molecule has 8 heteroatoms. The van der Waals surface area contributed by atoms with Gasteiger partial charge < -0.3 is 19.9 Å². The van der Waals surface area contributed by atoms with Crippen molar-refractivity contribution in [2.75, 3.05) is 26.2 Å². The summed E-state index contributed by atoms with van der Waals surface area (Å²) in [6, 6.07) is 21.8. The van der Waals surface area contributed by atoms with Crippen molar-refractivity contribution < 1.29 is 9.53 Å². The minimum atomic E-state index is -0.377. The number of H-pyrrole nitrogens is 1. The molecule has 5 rings (SSSR count). The number of rotatable bonds is 8. The molecule has 1 fully saturated rings. The lowest BCUT2D eigenvalue weighted by molar-refractivity contribution is -0.138. The Hall–Kier alpha value is -3.68. The average molecular weight is 517 g/mol. The van der Waals surface area contributed by atoms with Gasteiger partial charge in [-0.3, -0.25) is 14.6 Å². The van der Waals surface area contributed by atoms with Crippen molar-refractivity contribution >= 4 is 28.4 Å². The predicted octanol–water partition coefficient (Wildman–Crippen LogP) is 4.57. The van der Waals surface area contributed by atoms with E-state index in [0.29, 0.717) is 22.8 Å². The number of ether oxygens (including phenoxy) is 1. The highest BCUT2D eigenvalue weighted by Crippen LogP contribution is 2.31. The Morgan fingerprint density at radius 1 is 1.05 bits per heavy atom. The maximum atomic E-state index is 14.0. The summed E-state index contributed by atoms with van der Waals surface area (Å²) in [5.41, 5.74) is 2.27. The van der Waals surface area contributed by atoms with Gasteiger partial charge in [0, 0.05) is 29.3 Å². The van der Waals surface area contributed by atoms with Gasteiger partial charge in [-0.15, -0.1) is 0 Å². The molecule has 1 aliphatic heterocycles. The molecule has 4 aromatic rings. The topological polar surface area (TPSA) is 87.3 Å². The second-order valence-corrected chi connectivity index (χ2v) is 9.62. The minimum Gasteiger partial charge on any atom is -0.492 e. The van der Waals surface area contributed by atoms with Gasteiger partial charge in [-0.25, -0.2) is 0 Å². The summed E-state index contributed by atoms with van der Waals surface area (Å²) in [6.45, 7) is 2.31. The van der Waals surface area contributed by atoms with Gasteiger partial charge in [-0.05, 0) is 79.3 Å². The van der Waals surface area contributed by atoms with E-state index in [1.807, 2.05) is 65.6 Å². The van der Waals surface area contributed by atoms with Crippen molar-refractivity contribution in [3.8, 4) is 5.75 Å². The maximum Gasteiger partial charge on any atom is 0.248 e. The van der Waals surface area contributed by atoms with E-state index in [9.17, 15) is 9.59 Å². The molecule has 7 nitrogen and oxygen atoms in total. The Morgan fingerprint density at radius 3 is 2.59 bits per heavy atom. The molecule has 1 atom stereocenters. The highest BCUT2D eigenvalue weighted by molar-refractivity contribution is 6.30. The fraction of sp³-hybridized carbons (Fsp3) is 0.276. The molecule has 0 saturated carbocycles. The molecule has 1 unspecified atom stereocenters. The third kappa shape index (κ3) is 6.01. The lowest BCUT2D eigenvalue weighted by Crippen LogP contribution is -2.45. The number of hydrogen-bond donors (Lipinski definition) is 2. The molecule has 1 aliphatic rings. The fourth-order valence-electron chi connectivity index (χ4n) is 4.84. The molecular weight excluding hydrogens is 488 g/mol. The van der Waals surface area contributed by atoms with Crippen LogP contribution in [0.15, 0.2) is 83.8 Å². The van der Waals surface area contributed by atoms with E-state index in [1.165, 1.54) is 6.07 Å². The summed E-state index contributed by atoms with van der Waals surface area (Å²) in [7, 11) is 0. The highest BCUT2D eigenvalue weighted by Gasteiger charge is 2.33. The normalized spacial score (nSPS) is 14.8. The minimum absolute atomic E-state index is 0.0643. The number of nitrogens with one attached hydrogen (secondary N) is 2. The van der Waals surface area contributed by atoms with Crippen LogP contribution in [0.5, 0.6) is 5.75 Å². The van der Waals surface area contributed by atoms with Gasteiger partial charge in [0.05, 0.1) is 23.8 Å². The quantitative estimate of drug-likeness (QED) is 0.358. The number of hydrogen-bond acceptors (Lipinski definition) is 5. The van der Waals surface area contributed by atoms with E-state index in [1.54, 1.807) is 12.3 Å². The zero-order chi connectivity index (χ0) is 25.6. The van der Waals surface area contributed by atoms with Gasteiger partial charge in [-0.2, -0.15) is 0 Å². The number of carbonyl (C=O) groups is 1. The summed E-state index contributed by atoms with van der Waals surface area (Å²) < 4.78 is 6.09. The number of nitrogens with zero attached hydrogens (tertiary/aromatic N) is 2. The molecular formula is C29H29ClN4O3. The number of pyridine rings is 2. The number of benzene rings is 2. The Kier molecular flexibility index (Phi) is 7.82. The van der Waals surface area contributed by atoms with Crippen LogP contribution in [0.25, 0.3) is 10.9 Å². The first-order valence-electron chi connectivity index (χ1n) is 12.5. The number of piperidine rings is 1. The van der Waals surface area contributed by atoms with E-state index in [4.69, 9.17) is 16.3 Å². The maximum absolute atomic E-state index is 14.0. The first-order valence-corrected chi connectivity index (χ1v) is 12.9. The number of aromatic amines is 1. The van der Waals surface area contributed by atoms with Gasteiger partial charge in [0.25, 0.3) is 0 Å². The Labute approximate surface area is 220 Å². The summed E-state index contributed by atoms with van der Waals surface area (Å²) in [6.07, 6.45) is 3.34. The van der Waals surface area contributed by atoms with Gasteiger partial charge in [0.1, 0.15) is 12.4 Å². The van der Waals surface area contributed by atoms with Crippen LogP contribution in [-0.2, 0) is 4.79 Å². The Balaban J connectivity index is 1.44. The molecule has 0 bridgehead atoms. The molecule has 37 heavy (non-hydrogen) atoms. The first-order chi connectivity index (χ1) is 18.1. The largest absolute Gasteiger partial charge is 0.492 e. The van der Waals surface area contributed by atoms with Crippen LogP contribution in [0.2, 0.25) is 5.02 Å². The van der Waals surface area contributed by atoms with Gasteiger partial charge in [-0.1, -0.05) is 29.8 Å². The van der Waals surface area contributed by atoms with Crippen LogP contribution < -0.4 is 15.6 Å². The molecule has 0 aliphatic carbocycles. The zero-order valence-electron chi connectivity index (χ0n) is 20.4. The van der Waals surface area contributed by atoms with Gasteiger partial charge in [0.2, 0.25) is 11.5 Å². The number of amides is 1. The number of halogens is 1. The van der Waals surface area contributed by atoms with E-state index in [-0.39, 0.29) is 30.0 Å². The van der Waals surface area contributed by atoms with E-state index in [2.05, 4.69) is 15.3 Å². The zero-order valence-corrected chi connectivity index (χ0v) is 21.2. The summed E-state index contributed by atoms with van der Waals surface area (Å²) in [4.78, 5) is 35.0. The fourth-order valence-corrected chi connectivity index (χ4v) is 4.97. The molecule has 2 aromatic heterocycles. The smallest absolute Gasteiger partial charge is 0.248 e. The standard InChI is InChI=1S/C29H29ClN4O3/c30-23-8-4-21(5-9-23)28(25-3-1-2-14-32-25)34(29(36)22-12-15-31-16-13-22)17-18-37-24-10-6-20-7-11-27(35)33-26(20)19-24/h1-11,14,19,22,28,31H,12-13,15-18H2,(H,33,35). The van der Waals surface area contributed by atoms with Crippen molar-refractivity contribution in [2.24, 2.45) is 5.92 Å². The summed E-state index contributed by atoms with van der Waals surface area (Å²) in [5.74, 6) is 0.661. The molecule has 0 radical (unpaired) electrons. The van der Waals surface area contributed by atoms with E-state index in [0.717, 1.165) is 42.6 Å². The van der Waals surface area contributed by atoms with Crippen LogP contribution in [0.4, 0.5) is 0 Å². The van der Waals surface area contributed by atoms with Crippen LogP contribution >= 0.6 is 11.6 Å². The third-order valence-electron chi connectivity index (χ3n) is 6.73. The molecule has 190 valence electrons. The van der Waals surface area contributed by atoms with Crippen LogP contribution in [0, 0.1) is 5.92 Å². The van der Waals surface area contributed by atoms with Crippen molar-refractivity contribution in [1.82, 2.24) is 20.2 Å². The van der Waals surface area contributed by atoms with Crippen LogP contribution in [0.1, 0.15) is 30.1 Å². The van der Waals surface area contributed by atoms with Crippen LogP contribution in [0.3, 0.4) is 0 Å². The highest BCUT2D eigenvalue weighted by atomic mass is 35.5. The predicted molar refractivity (Wildman–Crippen MR) is 145 cm³/mol.